The van der Waals surface area contributed by atoms with Crippen LogP contribution in [-0.2, 0) is 11.3 Å². The molecule has 2 saturated heterocycles. The van der Waals surface area contributed by atoms with Crippen molar-refractivity contribution in [3.63, 3.8) is 0 Å². The van der Waals surface area contributed by atoms with Crippen LogP contribution in [0.1, 0.15) is 18.4 Å². The fourth-order valence-corrected chi connectivity index (χ4v) is 4.78. The van der Waals surface area contributed by atoms with Gasteiger partial charge in [0.1, 0.15) is 0 Å². The number of nitrogens with one attached hydrogen (secondary N) is 1. The van der Waals surface area contributed by atoms with Crippen LogP contribution in [0.3, 0.4) is 0 Å². The lowest BCUT2D eigenvalue weighted by atomic mass is 10.1. The molecule has 0 aromatic heterocycles. The number of nitrogens with zero attached hydrogens (tertiary/aromatic N) is 4. The van der Waals surface area contributed by atoms with Crippen LogP contribution in [0.4, 0.5) is 5.69 Å². The minimum atomic E-state index is 0.577. The van der Waals surface area contributed by atoms with Crippen molar-refractivity contribution in [1.29, 1.82) is 0 Å². The fraction of sp³-hybridized carbons (Fsp3) is 0.519. The van der Waals surface area contributed by atoms with Gasteiger partial charge in [0.05, 0.1) is 13.2 Å². The van der Waals surface area contributed by atoms with E-state index >= 15 is 0 Å². The van der Waals surface area contributed by atoms with E-state index in [1.807, 2.05) is 13.1 Å². The highest BCUT2D eigenvalue weighted by Crippen LogP contribution is 2.18. The van der Waals surface area contributed by atoms with Crippen molar-refractivity contribution < 1.29 is 4.74 Å². The van der Waals surface area contributed by atoms with E-state index in [-0.39, 0.29) is 0 Å². The number of likely N-dealkylation sites (tertiary alicyclic amines) is 1. The van der Waals surface area contributed by atoms with Crippen LogP contribution in [0.2, 0.25) is 0 Å². The summed E-state index contributed by atoms with van der Waals surface area (Å²) in [4.78, 5) is 12.0. The molecule has 1 atom stereocenters. The van der Waals surface area contributed by atoms with Gasteiger partial charge in [-0.2, -0.15) is 0 Å². The third kappa shape index (κ3) is 7.21. The molecule has 0 radical (unpaired) electrons. The van der Waals surface area contributed by atoms with Gasteiger partial charge in [0.25, 0.3) is 0 Å². The van der Waals surface area contributed by atoms with E-state index in [0.29, 0.717) is 12.5 Å². The highest BCUT2D eigenvalue weighted by atomic mass is 16.5. The molecule has 1 N–H and O–H groups in total. The van der Waals surface area contributed by atoms with E-state index in [2.05, 4.69) is 79.6 Å². The molecule has 6 nitrogen and oxygen atoms in total. The average Bonchev–Trinajstić information content (AvgIpc) is 3.34. The van der Waals surface area contributed by atoms with Crippen LogP contribution in [0.5, 0.6) is 0 Å². The quantitative estimate of drug-likeness (QED) is 0.361. The Bertz CT molecular complexity index is 836. The first kappa shape index (κ1) is 23.6. The highest BCUT2D eigenvalue weighted by molar-refractivity contribution is 5.80. The van der Waals surface area contributed by atoms with Gasteiger partial charge in [-0.05, 0) is 37.1 Å². The number of para-hydroxylation sites is 1. The number of piperazine rings is 1. The molecule has 0 aliphatic carbocycles. The predicted molar refractivity (Wildman–Crippen MR) is 137 cm³/mol. The summed E-state index contributed by atoms with van der Waals surface area (Å²) in [6, 6.07) is 21.2. The zero-order valence-corrected chi connectivity index (χ0v) is 20.0. The molecule has 0 amide bonds. The number of rotatable bonds is 9. The van der Waals surface area contributed by atoms with Crippen molar-refractivity contribution in [2.75, 3.05) is 70.9 Å². The van der Waals surface area contributed by atoms with Gasteiger partial charge in [0, 0.05) is 64.5 Å². The molecule has 1 unspecified atom stereocenters. The van der Waals surface area contributed by atoms with Crippen molar-refractivity contribution in [2.24, 2.45) is 10.9 Å². The molecular formula is C27H39N5O. The Labute approximate surface area is 199 Å². The zero-order valence-electron chi connectivity index (χ0n) is 20.0. The van der Waals surface area contributed by atoms with E-state index in [1.54, 1.807) is 0 Å². The van der Waals surface area contributed by atoms with Crippen molar-refractivity contribution in [3.05, 3.63) is 66.2 Å². The Morgan fingerprint density at radius 3 is 2.42 bits per heavy atom. The SMILES string of the molecule is CN=C(NCCCN1CCN(c2ccccc2)CC1)N1CCC(COCc2ccccc2)C1. The average molecular weight is 450 g/mol. The van der Waals surface area contributed by atoms with Gasteiger partial charge in [-0.15, -0.1) is 0 Å². The molecule has 2 aliphatic heterocycles. The Morgan fingerprint density at radius 2 is 1.70 bits per heavy atom. The third-order valence-electron chi connectivity index (χ3n) is 6.69. The fourth-order valence-electron chi connectivity index (χ4n) is 4.78. The Hall–Kier alpha value is -2.57. The number of anilines is 1. The molecule has 0 spiro atoms. The summed E-state index contributed by atoms with van der Waals surface area (Å²) >= 11 is 0. The van der Waals surface area contributed by atoms with Crippen LogP contribution in [0, 0.1) is 5.92 Å². The molecule has 4 rings (SSSR count). The summed E-state index contributed by atoms with van der Waals surface area (Å²) < 4.78 is 5.97. The van der Waals surface area contributed by atoms with Crippen molar-refractivity contribution in [1.82, 2.24) is 15.1 Å². The number of hydrogen-bond donors (Lipinski definition) is 1. The summed E-state index contributed by atoms with van der Waals surface area (Å²) in [7, 11) is 1.89. The summed E-state index contributed by atoms with van der Waals surface area (Å²) in [5, 5.41) is 3.59. The molecule has 178 valence electrons. The molecule has 0 bridgehead atoms. The highest BCUT2D eigenvalue weighted by Gasteiger charge is 2.25. The Kier molecular flexibility index (Phi) is 9.01. The van der Waals surface area contributed by atoms with Crippen molar-refractivity contribution >= 4 is 11.6 Å². The maximum atomic E-state index is 5.97. The van der Waals surface area contributed by atoms with E-state index in [0.717, 1.165) is 71.3 Å². The largest absolute Gasteiger partial charge is 0.376 e. The Balaban J connectivity index is 1.09. The number of aliphatic imine (C=N–C) groups is 1. The van der Waals surface area contributed by atoms with Crippen molar-refractivity contribution in [3.8, 4) is 0 Å². The summed E-state index contributed by atoms with van der Waals surface area (Å²) in [5.74, 6) is 1.61. The smallest absolute Gasteiger partial charge is 0.193 e. The first-order valence-corrected chi connectivity index (χ1v) is 12.4. The standard InChI is InChI=1S/C27H39N5O/c1-28-27(32-16-13-25(21-32)23-33-22-24-9-4-2-5-10-24)29-14-8-15-30-17-19-31(20-18-30)26-11-6-3-7-12-26/h2-7,9-12,25H,8,13-23H2,1H3,(H,28,29). The topological polar surface area (TPSA) is 43.3 Å². The number of guanidine groups is 1. The number of ether oxygens (including phenoxy) is 1. The van der Waals surface area contributed by atoms with Gasteiger partial charge in [-0.1, -0.05) is 48.5 Å². The van der Waals surface area contributed by atoms with Crippen LogP contribution < -0.4 is 10.2 Å². The molecule has 0 saturated carbocycles. The van der Waals surface area contributed by atoms with Crippen molar-refractivity contribution in [2.45, 2.75) is 19.4 Å². The van der Waals surface area contributed by atoms with Crippen LogP contribution in [-0.4, -0.2) is 81.8 Å². The summed E-state index contributed by atoms with van der Waals surface area (Å²) in [6.07, 6.45) is 2.31. The van der Waals surface area contributed by atoms with Crippen LogP contribution in [0.15, 0.2) is 65.7 Å². The third-order valence-corrected chi connectivity index (χ3v) is 6.69. The van der Waals surface area contributed by atoms with Gasteiger partial charge < -0.3 is 19.9 Å². The zero-order chi connectivity index (χ0) is 22.7. The lowest BCUT2D eigenvalue weighted by molar-refractivity contribution is 0.0906. The number of benzene rings is 2. The second-order valence-electron chi connectivity index (χ2n) is 9.09. The maximum Gasteiger partial charge on any atom is 0.193 e. The number of hydrogen-bond acceptors (Lipinski definition) is 4. The minimum absolute atomic E-state index is 0.577. The lowest BCUT2D eigenvalue weighted by Crippen LogP contribution is -2.47. The van der Waals surface area contributed by atoms with Gasteiger partial charge in [0.15, 0.2) is 5.96 Å². The summed E-state index contributed by atoms with van der Waals surface area (Å²) in [5.41, 5.74) is 2.59. The first-order chi connectivity index (χ1) is 16.3. The van der Waals surface area contributed by atoms with E-state index in [9.17, 15) is 0 Å². The molecule has 33 heavy (non-hydrogen) atoms. The lowest BCUT2D eigenvalue weighted by Gasteiger charge is -2.36. The van der Waals surface area contributed by atoms with Gasteiger partial charge in [-0.25, -0.2) is 0 Å². The van der Waals surface area contributed by atoms with E-state index in [1.165, 1.54) is 17.7 Å². The molecule has 6 heteroatoms. The molecule has 2 aromatic carbocycles. The first-order valence-electron chi connectivity index (χ1n) is 12.4. The van der Waals surface area contributed by atoms with Crippen LogP contribution in [0.25, 0.3) is 0 Å². The van der Waals surface area contributed by atoms with Gasteiger partial charge >= 0.3 is 0 Å². The molecule has 2 aromatic rings. The van der Waals surface area contributed by atoms with Gasteiger partial charge in [0.2, 0.25) is 0 Å². The second-order valence-corrected chi connectivity index (χ2v) is 9.09. The maximum absolute atomic E-state index is 5.97. The molecule has 2 heterocycles. The molecular weight excluding hydrogens is 410 g/mol. The minimum Gasteiger partial charge on any atom is -0.376 e. The van der Waals surface area contributed by atoms with E-state index in [4.69, 9.17) is 4.74 Å². The summed E-state index contributed by atoms with van der Waals surface area (Å²) in [6.45, 7) is 10.2. The van der Waals surface area contributed by atoms with Crippen LogP contribution >= 0.6 is 0 Å². The second kappa shape index (κ2) is 12.6. The Morgan fingerprint density at radius 1 is 0.970 bits per heavy atom. The molecule has 2 aliphatic rings. The van der Waals surface area contributed by atoms with Gasteiger partial charge in [-0.3, -0.25) is 9.89 Å². The predicted octanol–water partition coefficient (Wildman–Crippen LogP) is 3.31. The monoisotopic (exact) mass is 449 g/mol. The normalized spacial score (nSPS) is 19.8. The molecule has 2 fully saturated rings. The van der Waals surface area contributed by atoms with E-state index < -0.39 is 0 Å².